The Balaban J connectivity index is 2.20. The highest BCUT2D eigenvalue weighted by Gasteiger charge is 2.17. The first-order chi connectivity index (χ1) is 15.6. The van der Waals surface area contributed by atoms with Gasteiger partial charge < -0.3 is 14.9 Å². The lowest BCUT2D eigenvalue weighted by Crippen LogP contribution is -2.27. The monoisotopic (exact) mass is 480 g/mol. The average molecular weight is 481 g/mol. The highest BCUT2D eigenvalue weighted by atomic mass is 32.2. The Morgan fingerprint density at radius 1 is 1.09 bits per heavy atom. The maximum atomic E-state index is 12.9. The third-order valence-electron chi connectivity index (χ3n) is 5.07. The number of rotatable bonds is 12. The van der Waals surface area contributed by atoms with E-state index in [0.717, 1.165) is 6.42 Å². The zero-order chi connectivity index (χ0) is 24.6. The molecule has 0 amide bonds. The van der Waals surface area contributed by atoms with Crippen LogP contribution in [-0.4, -0.2) is 49.6 Å². The summed E-state index contributed by atoms with van der Waals surface area (Å²) in [5.74, 6) is 0.293. The number of ether oxygens (including phenoxy) is 1. The van der Waals surface area contributed by atoms with Crippen molar-refractivity contribution >= 4 is 21.4 Å². The number of benzene rings is 1. The minimum Gasteiger partial charge on any atom is -0.494 e. The third-order valence-corrected chi connectivity index (χ3v) is 6.55. The van der Waals surface area contributed by atoms with Crippen LogP contribution in [0.15, 0.2) is 44.2 Å². The molecule has 0 fully saturated rings. The van der Waals surface area contributed by atoms with Gasteiger partial charge in [-0.05, 0) is 56.0 Å². The lowest BCUT2D eigenvalue weighted by atomic mass is 10.1. The molecule has 1 heterocycles. The molecule has 11 heteroatoms. The largest absolute Gasteiger partial charge is 0.494 e. The smallest absolute Gasteiger partial charge is 0.281 e. The predicted molar refractivity (Wildman–Crippen MR) is 125 cm³/mol. The molecule has 3 N–H and O–H groups in total. The molecule has 1 aromatic carbocycles. The molecule has 0 aliphatic carbocycles. The van der Waals surface area contributed by atoms with Gasteiger partial charge in [0.25, 0.3) is 5.56 Å². The Labute approximate surface area is 194 Å². The predicted octanol–water partition coefficient (Wildman–Crippen LogP) is 2.92. The number of hydrogen-bond donors (Lipinski definition) is 3. The Morgan fingerprint density at radius 3 is 2.36 bits per heavy atom. The first-order valence-electron chi connectivity index (χ1n) is 10.7. The van der Waals surface area contributed by atoms with Crippen LogP contribution in [-0.2, 0) is 21.3 Å². The summed E-state index contributed by atoms with van der Waals surface area (Å²) in [6, 6.07) is 5.75. The Kier molecular flexibility index (Phi) is 9.71. The molecule has 1 aromatic heterocycles. The average Bonchev–Trinajstić information content (AvgIpc) is 2.77. The third kappa shape index (κ3) is 7.19. The fraction of sp³-hybridized carbons (Fsp3) is 0.500. The molecule has 2 aromatic rings. The quantitative estimate of drug-likeness (QED) is 0.315. The summed E-state index contributed by atoms with van der Waals surface area (Å²) in [5, 5.41) is 27.3. The van der Waals surface area contributed by atoms with E-state index in [9.17, 15) is 18.3 Å². The van der Waals surface area contributed by atoms with Crippen molar-refractivity contribution in [3.63, 3.8) is 0 Å². The van der Waals surface area contributed by atoms with Crippen molar-refractivity contribution in [1.82, 2.24) is 9.29 Å². The van der Waals surface area contributed by atoms with E-state index in [0.29, 0.717) is 29.3 Å². The standard InChI is InChI=1S/C22H32N4O6S/c1-15(2)9-11-26-21(28)17(4)16(3)20(22(26)29)25-24-18-5-7-19(8-6-18)33(30,31)23-10-13-32-14-12-27/h5-8,15,23,27-28H,9-14H2,1-4H3. The fourth-order valence-corrected chi connectivity index (χ4v) is 3.96. The van der Waals surface area contributed by atoms with Crippen molar-refractivity contribution in [3.05, 3.63) is 45.7 Å². The molecule has 0 aliphatic rings. The Morgan fingerprint density at radius 2 is 1.76 bits per heavy atom. The summed E-state index contributed by atoms with van der Waals surface area (Å²) < 4.78 is 33.4. The number of azo groups is 1. The van der Waals surface area contributed by atoms with Gasteiger partial charge in [-0.2, -0.15) is 5.11 Å². The second-order valence-corrected chi connectivity index (χ2v) is 9.76. The van der Waals surface area contributed by atoms with E-state index in [1.54, 1.807) is 13.8 Å². The van der Waals surface area contributed by atoms with Gasteiger partial charge in [0, 0.05) is 18.7 Å². The molecule has 10 nitrogen and oxygen atoms in total. The van der Waals surface area contributed by atoms with Crippen molar-refractivity contribution in [1.29, 1.82) is 0 Å². The van der Waals surface area contributed by atoms with E-state index in [4.69, 9.17) is 9.84 Å². The van der Waals surface area contributed by atoms with Gasteiger partial charge in [-0.3, -0.25) is 9.36 Å². The minimum absolute atomic E-state index is 0.0521. The van der Waals surface area contributed by atoms with E-state index in [2.05, 4.69) is 15.0 Å². The number of pyridine rings is 1. The first kappa shape index (κ1) is 26.7. The summed E-state index contributed by atoms with van der Waals surface area (Å²) >= 11 is 0. The Bertz CT molecular complexity index is 1130. The van der Waals surface area contributed by atoms with Crippen LogP contribution in [0.2, 0.25) is 0 Å². The fourth-order valence-electron chi connectivity index (χ4n) is 2.94. The molecule has 2 rings (SSSR count). The number of sulfonamides is 1. The van der Waals surface area contributed by atoms with Crippen LogP contribution in [0, 0.1) is 19.8 Å². The van der Waals surface area contributed by atoms with Gasteiger partial charge >= 0.3 is 0 Å². The van der Waals surface area contributed by atoms with Crippen molar-refractivity contribution in [2.75, 3.05) is 26.4 Å². The lowest BCUT2D eigenvalue weighted by Gasteiger charge is -2.15. The van der Waals surface area contributed by atoms with Crippen LogP contribution in [0.3, 0.4) is 0 Å². The second-order valence-electron chi connectivity index (χ2n) is 7.99. The van der Waals surface area contributed by atoms with Crippen molar-refractivity contribution < 1.29 is 23.4 Å². The summed E-state index contributed by atoms with van der Waals surface area (Å²) in [5.41, 5.74) is 1.18. The molecule has 182 valence electrons. The van der Waals surface area contributed by atoms with Crippen LogP contribution in [0.1, 0.15) is 31.4 Å². The molecule has 0 bridgehead atoms. The second kappa shape index (κ2) is 12.0. The number of aliphatic hydroxyl groups is 1. The highest BCUT2D eigenvalue weighted by Crippen LogP contribution is 2.27. The Hall–Kier alpha value is -2.60. The van der Waals surface area contributed by atoms with Crippen molar-refractivity contribution in [3.8, 4) is 5.88 Å². The first-order valence-corrected chi connectivity index (χ1v) is 12.2. The molecule has 0 aliphatic heterocycles. The summed E-state index contributed by atoms with van der Waals surface area (Å²) in [4.78, 5) is 12.9. The number of hydrogen-bond acceptors (Lipinski definition) is 8. The number of aliphatic hydroxyl groups excluding tert-OH is 1. The molecule has 0 radical (unpaired) electrons. The summed E-state index contributed by atoms with van der Waals surface area (Å²) in [6.45, 7) is 8.10. The number of aromatic hydroxyl groups is 1. The van der Waals surface area contributed by atoms with Gasteiger partial charge in [0.1, 0.15) is 0 Å². The van der Waals surface area contributed by atoms with Crippen molar-refractivity contribution in [2.24, 2.45) is 16.1 Å². The van der Waals surface area contributed by atoms with Gasteiger partial charge in [0.05, 0.1) is 30.4 Å². The normalized spacial score (nSPS) is 12.2. The highest BCUT2D eigenvalue weighted by molar-refractivity contribution is 7.89. The van der Waals surface area contributed by atoms with E-state index in [-0.39, 0.29) is 42.8 Å². The molecular weight excluding hydrogens is 448 g/mol. The van der Waals surface area contributed by atoms with E-state index >= 15 is 0 Å². The van der Waals surface area contributed by atoms with Crippen LogP contribution in [0.25, 0.3) is 0 Å². The van der Waals surface area contributed by atoms with Gasteiger partial charge in [0.2, 0.25) is 10.0 Å². The van der Waals surface area contributed by atoms with E-state index in [1.807, 2.05) is 13.8 Å². The van der Waals surface area contributed by atoms with Crippen LogP contribution < -0.4 is 10.3 Å². The SMILES string of the molecule is Cc1c(C)c(O)n(CCC(C)C)c(=O)c1N=Nc1ccc(S(=O)(=O)NCCOCCO)cc1. The van der Waals surface area contributed by atoms with Gasteiger partial charge in [-0.15, -0.1) is 5.11 Å². The molecule has 0 atom stereocenters. The topological polar surface area (TPSA) is 143 Å². The van der Waals surface area contributed by atoms with Crippen LogP contribution >= 0.6 is 0 Å². The van der Waals surface area contributed by atoms with Gasteiger partial charge in [-0.1, -0.05) is 13.8 Å². The molecule has 0 spiro atoms. The van der Waals surface area contributed by atoms with Crippen LogP contribution in [0.4, 0.5) is 11.4 Å². The zero-order valence-electron chi connectivity index (χ0n) is 19.4. The summed E-state index contributed by atoms with van der Waals surface area (Å²) in [7, 11) is -3.72. The zero-order valence-corrected chi connectivity index (χ0v) is 20.2. The molecule has 0 saturated carbocycles. The number of nitrogens with one attached hydrogen (secondary N) is 1. The number of aromatic nitrogens is 1. The van der Waals surface area contributed by atoms with Crippen molar-refractivity contribution in [2.45, 2.75) is 45.6 Å². The lowest BCUT2D eigenvalue weighted by molar-refractivity contribution is 0.0961. The van der Waals surface area contributed by atoms with E-state index in [1.165, 1.54) is 28.8 Å². The summed E-state index contributed by atoms with van der Waals surface area (Å²) in [6.07, 6.45) is 0.726. The van der Waals surface area contributed by atoms with Gasteiger partial charge in [0.15, 0.2) is 11.6 Å². The van der Waals surface area contributed by atoms with Gasteiger partial charge in [-0.25, -0.2) is 13.1 Å². The van der Waals surface area contributed by atoms with Crippen LogP contribution in [0.5, 0.6) is 5.88 Å². The maximum absolute atomic E-state index is 12.9. The minimum atomic E-state index is -3.72. The number of nitrogens with zero attached hydrogens (tertiary/aromatic N) is 3. The van der Waals surface area contributed by atoms with E-state index < -0.39 is 15.6 Å². The maximum Gasteiger partial charge on any atom is 0.281 e. The molecular formula is C22H32N4O6S. The molecule has 0 saturated heterocycles. The molecule has 0 unspecified atom stereocenters. The molecule has 33 heavy (non-hydrogen) atoms.